The normalized spacial score (nSPS) is 10.9. The predicted octanol–water partition coefficient (Wildman–Crippen LogP) is 3.38. The highest BCUT2D eigenvalue weighted by Gasteiger charge is 2.12. The van der Waals surface area contributed by atoms with E-state index < -0.39 is 0 Å². The molecule has 6 heteroatoms. The second-order valence-corrected chi connectivity index (χ2v) is 5.81. The third-order valence-corrected chi connectivity index (χ3v) is 4.53. The van der Waals surface area contributed by atoms with Gasteiger partial charge in [-0.05, 0) is 24.0 Å². The highest BCUT2D eigenvalue weighted by molar-refractivity contribution is 7.98. The Balaban J connectivity index is 2.25. The smallest absolute Gasteiger partial charge is 0.269 e. The fourth-order valence-electron chi connectivity index (χ4n) is 2.00. The van der Waals surface area contributed by atoms with E-state index in [-0.39, 0.29) is 5.56 Å². The first-order valence-electron chi connectivity index (χ1n) is 5.93. The molecule has 2 aromatic heterocycles. The Hall–Kier alpha value is -1.79. The monoisotopic (exact) mass is 304 g/mol. The number of nitrogens with one attached hydrogen (secondary N) is 1. The van der Waals surface area contributed by atoms with Crippen molar-refractivity contribution in [2.45, 2.75) is 5.16 Å². The van der Waals surface area contributed by atoms with Crippen LogP contribution < -0.4 is 10.3 Å². The molecule has 0 atom stereocenters. The van der Waals surface area contributed by atoms with Crippen molar-refractivity contribution in [1.29, 1.82) is 0 Å². The van der Waals surface area contributed by atoms with E-state index in [1.165, 1.54) is 23.1 Å². The quantitative estimate of drug-likeness (QED) is 0.595. The largest absolute Gasteiger partial charge is 0.497 e. The molecule has 20 heavy (non-hydrogen) atoms. The SMILES string of the molecule is COc1cccc(-c2csc3c(=O)[nH]c(SC)nc23)c1. The van der Waals surface area contributed by atoms with Gasteiger partial charge < -0.3 is 9.72 Å². The van der Waals surface area contributed by atoms with Crippen LogP contribution in [0.1, 0.15) is 0 Å². The number of thiophene rings is 1. The molecule has 102 valence electrons. The number of aromatic amines is 1. The number of rotatable bonds is 3. The average Bonchev–Trinajstić information content (AvgIpc) is 2.91. The summed E-state index contributed by atoms with van der Waals surface area (Å²) in [6.45, 7) is 0. The molecule has 0 aliphatic carbocycles. The van der Waals surface area contributed by atoms with Crippen molar-refractivity contribution in [3.63, 3.8) is 0 Å². The van der Waals surface area contributed by atoms with E-state index in [9.17, 15) is 4.79 Å². The Bertz CT molecular complexity index is 823. The number of ether oxygens (including phenoxy) is 1. The zero-order chi connectivity index (χ0) is 14.1. The number of nitrogens with zero attached hydrogens (tertiary/aromatic N) is 1. The summed E-state index contributed by atoms with van der Waals surface area (Å²) in [4.78, 5) is 19.3. The lowest BCUT2D eigenvalue weighted by Crippen LogP contribution is -2.07. The van der Waals surface area contributed by atoms with Gasteiger partial charge in [0.2, 0.25) is 0 Å². The van der Waals surface area contributed by atoms with Crippen LogP contribution in [0.5, 0.6) is 5.75 Å². The molecule has 0 aliphatic heterocycles. The maximum Gasteiger partial charge on any atom is 0.269 e. The summed E-state index contributed by atoms with van der Waals surface area (Å²) in [5, 5.41) is 2.59. The van der Waals surface area contributed by atoms with Gasteiger partial charge in [-0.25, -0.2) is 4.98 Å². The zero-order valence-corrected chi connectivity index (χ0v) is 12.6. The molecule has 0 saturated carbocycles. The third-order valence-electron chi connectivity index (χ3n) is 2.98. The number of benzene rings is 1. The molecule has 1 N–H and O–H groups in total. The fourth-order valence-corrected chi connectivity index (χ4v) is 3.29. The van der Waals surface area contributed by atoms with Crippen LogP contribution >= 0.6 is 23.1 Å². The molecular formula is C14H12N2O2S2. The van der Waals surface area contributed by atoms with Gasteiger partial charge in [0.15, 0.2) is 5.16 Å². The van der Waals surface area contributed by atoms with Gasteiger partial charge in [-0.3, -0.25) is 4.79 Å². The molecule has 2 heterocycles. The van der Waals surface area contributed by atoms with Gasteiger partial charge in [-0.2, -0.15) is 0 Å². The van der Waals surface area contributed by atoms with Crippen LogP contribution in [0.15, 0.2) is 39.6 Å². The molecule has 0 fully saturated rings. The molecule has 0 unspecified atom stereocenters. The molecule has 3 aromatic rings. The van der Waals surface area contributed by atoms with E-state index >= 15 is 0 Å². The van der Waals surface area contributed by atoms with E-state index in [2.05, 4.69) is 9.97 Å². The van der Waals surface area contributed by atoms with Crippen molar-refractivity contribution in [3.05, 3.63) is 40.0 Å². The molecule has 0 bridgehead atoms. The number of H-pyrrole nitrogens is 1. The fraction of sp³-hybridized carbons (Fsp3) is 0.143. The van der Waals surface area contributed by atoms with Crippen molar-refractivity contribution in [3.8, 4) is 16.9 Å². The highest BCUT2D eigenvalue weighted by Crippen LogP contribution is 2.33. The lowest BCUT2D eigenvalue weighted by Gasteiger charge is -2.03. The number of thioether (sulfide) groups is 1. The van der Waals surface area contributed by atoms with E-state index in [1.807, 2.05) is 35.9 Å². The summed E-state index contributed by atoms with van der Waals surface area (Å²) in [7, 11) is 1.64. The average molecular weight is 304 g/mol. The van der Waals surface area contributed by atoms with Crippen LogP contribution in [0.25, 0.3) is 21.3 Å². The Labute approximate surface area is 123 Å². The first-order chi connectivity index (χ1) is 9.72. The van der Waals surface area contributed by atoms with Crippen LogP contribution in [0.3, 0.4) is 0 Å². The number of hydrogen-bond acceptors (Lipinski definition) is 5. The van der Waals surface area contributed by atoms with Crippen LogP contribution in [-0.2, 0) is 0 Å². The predicted molar refractivity (Wildman–Crippen MR) is 84.0 cm³/mol. The van der Waals surface area contributed by atoms with Crippen LogP contribution in [0.4, 0.5) is 0 Å². The Morgan fingerprint density at radius 3 is 3.00 bits per heavy atom. The summed E-state index contributed by atoms with van der Waals surface area (Å²) in [6, 6.07) is 7.76. The molecule has 3 rings (SSSR count). The van der Waals surface area contributed by atoms with Crippen molar-refractivity contribution in [2.75, 3.05) is 13.4 Å². The van der Waals surface area contributed by atoms with Crippen molar-refractivity contribution < 1.29 is 4.74 Å². The Morgan fingerprint density at radius 1 is 1.40 bits per heavy atom. The molecule has 0 amide bonds. The van der Waals surface area contributed by atoms with E-state index in [0.29, 0.717) is 9.86 Å². The number of aromatic nitrogens is 2. The van der Waals surface area contributed by atoms with E-state index in [1.54, 1.807) is 7.11 Å². The lowest BCUT2D eigenvalue weighted by molar-refractivity contribution is 0.415. The molecule has 4 nitrogen and oxygen atoms in total. The highest BCUT2D eigenvalue weighted by atomic mass is 32.2. The minimum absolute atomic E-state index is 0.0847. The Morgan fingerprint density at radius 2 is 2.25 bits per heavy atom. The van der Waals surface area contributed by atoms with E-state index in [4.69, 9.17) is 4.74 Å². The van der Waals surface area contributed by atoms with Crippen LogP contribution in [-0.4, -0.2) is 23.3 Å². The summed E-state index contributed by atoms with van der Waals surface area (Å²) in [5.74, 6) is 0.789. The minimum atomic E-state index is -0.0847. The van der Waals surface area contributed by atoms with Gasteiger partial charge in [0.05, 0.1) is 12.6 Å². The first-order valence-corrected chi connectivity index (χ1v) is 8.03. The second kappa shape index (κ2) is 5.30. The van der Waals surface area contributed by atoms with Gasteiger partial charge in [-0.15, -0.1) is 11.3 Å². The number of methoxy groups -OCH3 is 1. The number of fused-ring (bicyclic) bond motifs is 1. The maximum atomic E-state index is 12.0. The van der Waals surface area contributed by atoms with Gasteiger partial charge in [0.1, 0.15) is 10.4 Å². The molecule has 1 aromatic carbocycles. The maximum absolute atomic E-state index is 12.0. The van der Waals surface area contributed by atoms with Gasteiger partial charge in [0.25, 0.3) is 5.56 Å². The van der Waals surface area contributed by atoms with Crippen molar-refractivity contribution in [1.82, 2.24) is 9.97 Å². The standard InChI is InChI=1S/C14H12N2O2S2/c1-18-9-5-3-4-8(6-9)10-7-20-12-11(10)15-14(19-2)16-13(12)17/h3-7H,1-2H3,(H,15,16,17). The van der Waals surface area contributed by atoms with Crippen molar-refractivity contribution >= 4 is 33.3 Å². The summed E-state index contributed by atoms with van der Waals surface area (Å²) < 4.78 is 5.90. The molecular weight excluding hydrogens is 292 g/mol. The summed E-state index contributed by atoms with van der Waals surface area (Å²) in [6.07, 6.45) is 1.89. The summed E-state index contributed by atoms with van der Waals surface area (Å²) in [5.41, 5.74) is 2.63. The second-order valence-electron chi connectivity index (χ2n) is 4.13. The van der Waals surface area contributed by atoms with Crippen molar-refractivity contribution in [2.24, 2.45) is 0 Å². The van der Waals surface area contributed by atoms with Gasteiger partial charge in [-0.1, -0.05) is 23.9 Å². The topological polar surface area (TPSA) is 55.0 Å². The molecule has 0 radical (unpaired) electrons. The molecule has 0 spiro atoms. The third kappa shape index (κ3) is 2.21. The minimum Gasteiger partial charge on any atom is -0.497 e. The zero-order valence-electron chi connectivity index (χ0n) is 11.0. The van der Waals surface area contributed by atoms with Crippen LogP contribution in [0, 0.1) is 0 Å². The number of hydrogen-bond donors (Lipinski definition) is 1. The van der Waals surface area contributed by atoms with Gasteiger partial charge in [0, 0.05) is 10.9 Å². The van der Waals surface area contributed by atoms with E-state index in [0.717, 1.165) is 22.4 Å². The Kier molecular flexibility index (Phi) is 3.50. The molecule has 0 aliphatic rings. The first kappa shape index (κ1) is 13.2. The lowest BCUT2D eigenvalue weighted by atomic mass is 10.1. The van der Waals surface area contributed by atoms with Crippen LogP contribution in [0.2, 0.25) is 0 Å². The molecule has 0 saturated heterocycles. The van der Waals surface area contributed by atoms with Gasteiger partial charge >= 0.3 is 0 Å². The summed E-state index contributed by atoms with van der Waals surface area (Å²) >= 11 is 2.84.